The van der Waals surface area contributed by atoms with Crippen molar-refractivity contribution in [1.82, 2.24) is 19.6 Å². The normalized spacial score (nSPS) is 10.8. The number of ketones is 1. The lowest BCUT2D eigenvalue weighted by Crippen LogP contribution is -2.09. The Morgan fingerprint density at radius 3 is 3.13 bits per heavy atom. The standard InChI is InChI=1S/C9H11N5O/c1-6-12-9-11-4-7(5-14(9)13-6)8(15)2-3-10/h4-5H,2-3,10H2,1H3. The maximum Gasteiger partial charge on any atom is 0.252 e. The zero-order chi connectivity index (χ0) is 10.8. The van der Waals surface area contributed by atoms with Gasteiger partial charge in [-0.3, -0.25) is 4.79 Å². The van der Waals surface area contributed by atoms with Crippen molar-refractivity contribution in [2.45, 2.75) is 13.3 Å². The number of carbonyl (C=O) groups excluding carboxylic acids is 1. The Hall–Kier alpha value is -1.82. The fourth-order valence-corrected chi connectivity index (χ4v) is 1.31. The van der Waals surface area contributed by atoms with E-state index in [-0.39, 0.29) is 5.78 Å². The second-order valence-electron chi connectivity index (χ2n) is 3.21. The minimum Gasteiger partial charge on any atom is -0.330 e. The third-order valence-corrected chi connectivity index (χ3v) is 1.99. The number of Topliss-reactive ketones (excluding diaryl/α,β-unsaturated/α-hetero) is 1. The van der Waals surface area contributed by atoms with E-state index in [1.807, 2.05) is 0 Å². The van der Waals surface area contributed by atoms with Crippen LogP contribution in [0.5, 0.6) is 0 Å². The molecular formula is C9H11N5O. The summed E-state index contributed by atoms with van der Waals surface area (Å²) in [5.74, 6) is 1.10. The maximum absolute atomic E-state index is 11.5. The Labute approximate surface area is 86.1 Å². The number of hydrogen-bond donors (Lipinski definition) is 1. The van der Waals surface area contributed by atoms with E-state index in [0.29, 0.717) is 30.1 Å². The highest BCUT2D eigenvalue weighted by atomic mass is 16.1. The lowest BCUT2D eigenvalue weighted by Gasteiger charge is -1.98. The molecule has 0 amide bonds. The third-order valence-electron chi connectivity index (χ3n) is 1.99. The van der Waals surface area contributed by atoms with E-state index in [1.165, 1.54) is 10.7 Å². The van der Waals surface area contributed by atoms with Crippen molar-refractivity contribution in [2.24, 2.45) is 5.73 Å². The van der Waals surface area contributed by atoms with Crippen molar-refractivity contribution >= 4 is 11.6 Å². The third kappa shape index (κ3) is 1.84. The molecule has 0 bridgehead atoms. The largest absolute Gasteiger partial charge is 0.330 e. The predicted molar refractivity (Wildman–Crippen MR) is 53.5 cm³/mol. The molecule has 0 spiro atoms. The second kappa shape index (κ2) is 3.74. The molecule has 0 aliphatic rings. The van der Waals surface area contributed by atoms with E-state index in [1.54, 1.807) is 13.1 Å². The molecule has 0 fully saturated rings. The first-order valence-corrected chi connectivity index (χ1v) is 4.63. The highest BCUT2D eigenvalue weighted by Gasteiger charge is 2.08. The van der Waals surface area contributed by atoms with Crippen molar-refractivity contribution in [3.05, 3.63) is 23.8 Å². The molecule has 78 valence electrons. The Bertz CT molecular complexity index is 504. The van der Waals surface area contributed by atoms with Crippen LogP contribution in [0.2, 0.25) is 0 Å². The van der Waals surface area contributed by atoms with Gasteiger partial charge >= 0.3 is 0 Å². The van der Waals surface area contributed by atoms with Gasteiger partial charge in [0, 0.05) is 18.8 Å². The fraction of sp³-hybridized carbons (Fsp3) is 0.333. The van der Waals surface area contributed by atoms with Crippen LogP contribution in [-0.4, -0.2) is 31.9 Å². The zero-order valence-electron chi connectivity index (χ0n) is 8.34. The second-order valence-corrected chi connectivity index (χ2v) is 3.21. The van der Waals surface area contributed by atoms with Gasteiger partial charge in [0.1, 0.15) is 5.82 Å². The Morgan fingerprint density at radius 2 is 2.40 bits per heavy atom. The Morgan fingerprint density at radius 1 is 1.60 bits per heavy atom. The first kappa shape index (κ1) is 9.72. The summed E-state index contributed by atoms with van der Waals surface area (Å²) in [6, 6.07) is 0. The lowest BCUT2D eigenvalue weighted by molar-refractivity contribution is 0.0984. The smallest absolute Gasteiger partial charge is 0.252 e. The van der Waals surface area contributed by atoms with Gasteiger partial charge < -0.3 is 5.73 Å². The molecule has 0 saturated carbocycles. The minimum absolute atomic E-state index is 0.0277. The molecule has 0 unspecified atom stereocenters. The molecule has 0 aromatic carbocycles. The number of fused-ring (bicyclic) bond motifs is 1. The molecule has 2 aromatic rings. The van der Waals surface area contributed by atoms with Crippen molar-refractivity contribution < 1.29 is 4.79 Å². The number of aromatic nitrogens is 4. The van der Waals surface area contributed by atoms with Crippen LogP contribution in [0.15, 0.2) is 12.4 Å². The van der Waals surface area contributed by atoms with Gasteiger partial charge in [0.15, 0.2) is 5.78 Å². The molecule has 0 saturated heterocycles. The van der Waals surface area contributed by atoms with E-state index < -0.39 is 0 Å². The SMILES string of the molecule is Cc1nc2ncc(C(=O)CCN)cn2n1. The number of nitrogens with zero attached hydrogens (tertiary/aromatic N) is 4. The summed E-state index contributed by atoms with van der Waals surface area (Å²) in [6.45, 7) is 2.11. The Kier molecular flexibility index (Phi) is 2.42. The van der Waals surface area contributed by atoms with Gasteiger partial charge in [0.2, 0.25) is 0 Å². The van der Waals surface area contributed by atoms with Crippen molar-refractivity contribution in [3.8, 4) is 0 Å². The van der Waals surface area contributed by atoms with Crippen molar-refractivity contribution in [2.75, 3.05) is 6.54 Å². The molecule has 2 aromatic heterocycles. The molecule has 2 heterocycles. The van der Waals surface area contributed by atoms with Crippen LogP contribution in [0.1, 0.15) is 22.6 Å². The van der Waals surface area contributed by atoms with E-state index in [4.69, 9.17) is 5.73 Å². The highest BCUT2D eigenvalue weighted by molar-refractivity contribution is 5.95. The minimum atomic E-state index is -0.0277. The maximum atomic E-state index is 11.5. The summed E-state index contributed by atoms with van der Waals surface area (Å²) in [4.78, 5) is 19.6. The molecule has 6 nitrogen and oxygen atoms in total. The van der Waals surface area contributed by atoms with Gasteiger partial charge in [0.25, 0.3) is 5.78 Å². The number of carbonyl (C=O) groups is 1. The highest BCUT2D eigenvalue weighted by Crippen LogP contribution is 2.03. The van der Waals surface area contributed by atoms with Gasteiger partial charge in [-0.1, -0.05) is 0 Å². The van der Waals surface area contributed by atoms with Crippen LogP contribution in [0.25, 0.3) is 5.78 Å². The van der Waals surface area contributed by atoms with E-state index in [0.717, 1.165) is 0 Å². The van der Waals surface area contributed by atoms with Gasteiger partial charge in [-0.2, -0.15) is 10.1 Å². The molecule has 6 heteroatoms. The summed E-state index contributed by atoms with van der Waals surface area (Å²) >= 11 is 0. The molecular weight excluding hydrogens is 194 g/mol. The lowest BCUT2D eigenvalue weighted by atomic mass is 10.2. The Balaban J connectivity index is 2.41. The van der Waals surface area contributed by atoms with Crippen LogP contribution >= 0.6 is 0 Å². The van der Waals surface area contributed by atoms with Gasteiger partial charge in [0.05, 0.1) is 5.56 Å². The summed E-state index contributed by atoms with van der Waals surface area (Å²) < 4.78 is 1.50. The monoisotopic (exact) mass is 205 g/mol. The predicted octanol–water partition coefficient (Wildman–Crippen LogP) is -0.0358. The number of nitrogens with two attached hydrogens (primary N) is 1. The molecule has 15 heavy (non-hydrogen) atoms. The van der Waals surface area contributed by atoms with Crippen LogP contribution in [0, 0.1) is 6.92 Å². The number of aryl methyl sites for hydroxylation is 1. The van der Waals surface area contributed by atoms with Crippen LogP contribution in [-0.2, 0) is 0 Å². The molecule has 0 aliphatic carbocycles. The average Bonchev–Trinajstić information content (AvgIpc) is 2.57. The van der Waals surface area contributed by atoms with Gasteiger partial charge in [-0.05, 0) is 13.5 Å². The summed E-state index contributed by atoms with van der Waals surface area (Å²) in [5.41, 5.74) is 5.82. The van der Waals surface area contributed by atoms with Crippen molar-refractivity contribution in [3.63, 3.8) is 0 Å². The topological polar surface area (TPSA) is 86.2 Å². The van der Waals surface area contributed by atoms with E-state index >= 15 is 0 Å². The summed E-state index contributed by atoms with van der Waals surface area (Å²) in [6.07, 6.45) is 3.45. The molecule has 2 rings (SSSR count). The number of hydrogen-bond acceptors (Lipinski definition) is 5. The fourth-order valence-electron chi connectivity index (χ4n) is 1.31. The van der Waals surface area contributed by atoms with Crippen molar-refractivity contribution in [1.29, 1.82) is 0 Å². The van der Waals surface area contributed by atoms with E-state index in [9.17, 15) is 4.79 Å². The van der Waals surface area contributed by atoms with Crippen LogP contribution in [0.3, 0.4) is 0 Å². The molecule has 0 aliphatic heterocycles. The quantitative estimate of drug-likeness (QED) is 0.711. The van der Waals surface area contributed by atoms with Gasteiger partial charge in [-0.15, -0.1) is 0 Å². The van der Waals surface area contributed by atoms with E-state index in [2.05, 4.69) is 15.1 Å². The number of rotatable bonds is 3. The van der Waals surface area contributed by atoms with Crippen LogP contribution < -0.4 is 5.73 Å². The summed E-state index contributed by atoms with van der Waals surface area (Å²) in [5, 5.41) is 4.08. The average molecular weight is 205 g/mol. The molecule has 0 radical (unpaired) electrons. The molecule has 2 N–H and O–H groups in total. The summed E-state index contributed by atoms with van der Waals surface area (Å²) in [7, 11) is 0. The van der Waals surface area contributed by atoms with Crippen LogP contribution in [0.4, 0.5) is 0 Å². The first-order valence-electron chi connectivity index (χ1n) is 4.63. The zero-order valence-corrected chi connectivity index (χ0v) is 8.34. The molecule has 0 atom stereocenters. The first-order chi connectivity index (χ1) is 7.20. The van der Waals surface area contributed by atoms with Gasteiger partial charge in [-0.25, -0.2) is 9.50 Å².